The maximum absolute atomic E-state index is 12.1. The quantitative estimate of drug-likeness (QED) is 0.733. The van der Waals surface area contributed by atoms with Crippen LogP contribution in [0.4, 0.5) is 10.5 Å². The number of benzene rings is 1. The minimum atomic E-state index is -1.08. The van der Waals surface area contributed by atoms with Crippen LogP contribution in [-0.4, -0.2) is 61.1 Å². The van der Waals surface area contributed by atoms with Crippen LogP contribution in [0, 0.1) is 0 Å². The molecule has 1 N–H and O–H groups in total. The molecule has 0 bridgehead atoms. The number of hydrogen-bond donors (Lipinski definition) is 1. The Labute approximate surface area is 156 Å². The van der Waals surface area contributed by atoms with E-state index in [0.29, 0.717) is 25.3 Å². The second-order valence-electron chi connectivity index (χ2n) is 6.29. The number of amides is 4. The van der Waals surface area contributed by atoms with Crippen molar-refractivity contribution in [2.24, 2.45) is 0 Å². The Hall–Kier alpha value is -3.10. The molecule has 27 heavy (non-hydrogen) atoms. The highest BCUT2D eigenvalue weighted by Gasteiger charge is 2.31. The molecule has 9 nitrogen and oxygen atoms in total. The first kappa shape index (κ1) is 18.7. The van der Waals surface area contributed by atoms with Crippen molar-refractivity contribution in [3.63, 3.8) is 0 Å². The van der Waals surface area contributed by atoms with Gasteiger partial charge < -0.3 is 19.7 Å². The molecule has 0 aromatic heterocycles. The molecule has 0 saturated carbocycles. The van der Waals surface area contributed by atoms with Gasteiger partial charge in [-0.2, -0.15) is 0 Å². The monoisotopic (exact) mass is 375 g/mol. The zero-order valence-corrected chi connectivity index (χ0v) is 15.0. The van der Waals surface area contributed by atoms with Gasteiger partial charge in [0.25, 0.3) is 5.91 Å². The largest absolute Gasteiger partial charge is 0.482 e. The van der Waals surface area contributed by atoms with E-state index in [1.165, 1.54) is 6.92 Å². The lowest BCUT2D eigenvalue weighted by Gasteiger charge is -2.18. The topological polar surface area (TPSA) is 105 Å². The third kappa shape index (κ3) is 4.36. The van der Waals surface area contributed by atoms with Gasteiger partial charge in [-0.25, -0.2) is 9.59 Å². The highest BCUT2D eigenvalue weighted by atomic mass is 16.6. The number of esters is 1. The number of ether oxygens (including phenoxy) is 2. The number of nitrogens with one attached hydrogen (secondary N) is 1. The molecule has 3 rings (SSSR count). The summed E-state index contributed by atoms with van der Waals surface area (Å²) in [4.78, 5) is 49.9. The summed E-state index contributed by atoms with van der Waals surface area (Å²) < 4.78 is 10.4. The summed E-state index contributed by atoms with van der Waals surface area (Å²) in [7, 11) is 0. The van der Waals surface area contributed by atoms with Crippen molar-refractivity contribution in [2.45, 2.75) is 25.9 Å². The van der Waals surface area contributed by atoms with Crippen molar-refractivity contribution in [1.29, 1.82) is 0 Å². The van der Waals surface area contributed by atoms with Crippen LogP contribution in [0.5, 0.6) is 5.75 Å². The van der Waals surface area contributed by atoms with Crippen LogP contribution in [-0.2, 0) is 19.1 Å². The molecule has 0 aliphatic carbocycles. The molecule has 1 aromatic carbocycles. The Balaban J connectivity index is 1.46. The van der Waals surface area contributed by atoms with Gasteiger partial charge in [-0.15, -0.1) is 0 Å². The number of anilines is 1. The summed E-state index contributed by atoms with van der Waals surface area (Å²) in [5.74, 6) is -0.745. The summed E-state index contributed by atoms with van der Waals surface area (Å²) in [5.41, 5.74) is 0.788. The van der Waals surface area contributed by atoms with E-state index in [1.54, 1.807) is 29.2 Å². The van der Waals surface area contributed by atoms with E-state index in [0.717, 1.165) is 17.0 Å². The Morgan fingerprint density at radius 3 is 2.52 bits per heavy atom. The molecular weight excluding hydrogens is 354 g/mol. The highest BCUT2D eigenvalue weighted by molar-refractivity contribution is 5.98. The predicted molar refractivity (Wildman–Crippen MR) is 94.2 cm³/mol. The molecule has 2 heterocycles. The average Bonchev–Trinajstić information content (AvgIpc) is 3.28. The number of urea groups is 1. The summed E-state index contributed by atoms with van der Waals surface area (Å²) >= 11 is 0. The Kier molecular flexibility index (Phi) is 5.58. The standard InChI is InChI=1S/C18H21N3O6/c1-12(17(24)21-10-8-19-18(21)25)27-16(23)11-26-14-6-4-13(5-7-14)20-9-2-3-15(20)22/h4-7,12H,2-3,8-11H2,1H3,(H,19,25)/t12-/m1/s1. The second-order valence-corrected chi connectivity index (χ2v) is 6.29. The van der Waals surface area contributed by atoms with Gasteiger partial charge in [-0.1, -0.05) is 0 Å². The molecule has 0 unspecified atom stereocenters. The van der Waals surface area contributed by atoms with Crippen LogP contribution in [0.25, 0.3) is 0 Å². The fourth-order valence-electron chi connectivity index (χ4n) is 2.97. The summed E-state index contributed by atoms with van der Waals surface area (Å²) in [6, 6.07) is 6.34. The van der Waals surface area contributed by atoms with Crippen molar-refractivity contribution >= 4 is 29.5 Å². The van der Waals surface area contributed by atoms with Gasteiger partial charge in [0.15, 0.2) is 12.7 Å². The highest BCUT2D eigenvalue weighted by Crippen LogP contribution is 2.23. The summed E-state index contributed by atoms with van der Waals surface area (Å²) in [6.45, 7) is 2.38. The normalized spacial score (nSPS) is 17.7. The van der Waals surface area contributed by atoms with E-state index in [2.05, 4.69) is 5.32 Å². The predicted octanol–water partition coefficient (Wildman–Crippen LogP) is 0.676. The van der Waals surface area contributed by atoms with Crippen LogP contribution in [0.3, 0.4) is 0 Å². The number of carbonyl (C=O) groups excluding carboxylic acids is 4. The SMILES string of the molecule is C[C@@H](OC(=O)COc1ccc(N2CCCC2=O)cc1)C(=O)N1CCNC1=O. The zero-order valence-electron chi connectivity index (χ0n) is 15.0. The van der Waals surface area contributed by atoms with Gasteiger partial charge in [0, 0.05) is 31.7 Å². The zero-order chi connectivity index (χ0) is 19.4. The number of nitrogens with zero attached hydrogens (tertiary/aromatic N) is 2. The average molecular weight is 375 g/mol. The van der Waals surface area contributed by atoms with E-state index in [9.17, 15) is 19.2 Å². The number of hydrogen-bond acceptors (Lipinski definition) is 6. The van der Waals surface area contributed by atoms with Gasteiger partial charge in [0.2, 0.25) is 5.91 Å². The maximum atomic E-state index is 12.1. The van der Waals surface area contributed by atoms with Crippen molar-refractivity contribution in [3.8, 4) is 5.75 Å². The third-order valence-electron chi connectivity index (χ3n) is 4.36. The first-order valence-electron chi connectivity index (χ1n) is 8.77. The smallest absolute Gasteiger partial charge is 0.344 e. The van der Waals surface area contributed by atoms with Crippen molar-refractivity contribution in [3.05, 3.63) is 24.3 Å². The van der Waals surface area contributed by atoms with Gasteiger partial charge in [0.05, 0.1) is 0 Å². The Bertz CT molecular complexity index is 748. The minimum Gasteiger partial charge on any atom is -0.482 e. The third-order valence-corrected chi connectivity index (χ3v) is 4.36. The first-order valence-corrected chi connectivity index (χ1v) is 8.77. The molecule has 2 saturated heterocycles. The molecule has 0 radical (unpaired) electrons. The van der Waals surface area contributed by atoms with Crippen molar-refractivity contribution in [1.82, 2.24) is 10.2 Å². The van der Waals surface area contributed by atoms with Crippen LogP contribution in [0.2, 0.25) is 0 Å². The van der Waals surface area contributed by atoms with Gasteiger partial charge >= 0.3 is 12.0 Å². The number of carbonyl (C=O) groups is 4. The molecule has 144 valence electrons. The van der Waals surface area contributed by atoms with Crippen LogP contribution >= 0.6 is 0 Å². The van der Waals surface area contributed by atoms with E-state index >= 15 is 0 Å². The second kappa shape index (κ2) is 8.07. The Morgan fingerprint density at radius 2 is 1.93 bits per heavy atom. The lowest BCUT2D eigenvalue weighted by Crippen LogP contribution is -2.42. The van der Waals surface area contributed by atoms with Gasteiger partial charge in [0.1, 0.15) is 5.75 Å². The summed E-state index contributed by atoms with van der Waals surface area (Å²) in [6.07, 6.45) is 0.326. The number of imide groups is 1. The molecule has 4 amide bonds. The molecule has 0 spiro atoms. The molecule has 1 aromatic rings. The lowest BCUT2D eigenvalue weighted by atomic mass is 10.3. The van der Waals surface area contributed by atoms with Crippen LogP contribution < -0.4 is 15.0 Å². The first-order chi connectivity index (χ1) is 13.0. The van der Waals surface area contributed by atoms with Gasteiger partial charge in [-0.05, 0) is 37.6 Å². The van der Waals surface area contributed by atoms with E-state index in [-0.39, 0.29) is 19.1 Å². The molecule has 2 fully saturated rings. The molecule has 1 atom stereocenters. The fourth-order valence-corrected chi connectivity index (χ4v) is 2.97. The minimum absolute atomic E-state index is 0.0950. The number of rotatable bonds is 6. The van der Waals surface area contributed by atoms with Crippen LogP contribution in [0.1, 0.15) is 19.8 Å². The fraction of sp³-hybridized carbons (Fsp3) is 0.444. The van der Waals surface area contributed by atoms with Gasteiger partial charge in [-0.3, -0.25) is 14.5 Å². The molecular formula is C18H21N3O6. The maximum Gasteiger partial charge on any atom is 0.344 e. The molecule has 2 aliphatic heterocycles. The van der Waals surface area contributed by atoms with E-state index in [4.69, 9.17) is 9.47 Å². The molecule has 9 heteroatoms. The van der Waals surface area contributed by atoms with E-state index < -0.39 is 24.0 Å². The van der Waals surface area contributed by atoms with Crippen molar-refractivity contribution < 1.29 is 28.7 Å². The van der Waals surface area contributed by atoms with Crippen LogP contribution in [0.15, 0.2) is 24.3 Å². The Morgan fingerprint density at radius 1 is 1.19 bits per heavy atom. The van der Waals surface area contributed by atoms with E-state index in [1.807, 2.05) is 0 Å². The molecule has 2 aliphatic rings. The lowest BCUT2D eigenvalue weighted by molar-refractivity contribution is -0.159. The van der Waals surface area contributed by atoms with Crippen molar-refractivity contribution in [2.75, 3.05) is 31.1 Å². The summed E-state index contributed by atoms with van der Waals surface area (Å²) in [5, 5.41) is 2.51.